The van der Waals surface area contributed by atoms with Gasteiger partial charge >= 0.3 is 0 Å². The van der Waals surface area contributed by atoms with Crippen molar-refractivity contribution >= 4 is 27.3 Å². The lowest BCUT2D eigenvalue weighted by Crippen LogP contribution is -2.48. The average Bonchev–Trinajstić information content (AvgIpc) is 2.64. The van der Waals surface area contributed by atoms with Crippen LogP contribution in [0.4, 0.5) is 5.69 Å². The van der Waals surface area contributed by atoms with E-state index in [-0.39, 0.29) is 0 Å². The molecule has 0 unspecified atom stereocenters. The van der Waals surface area contributed by atoms with Gasteiger partial charge in [-0.25, -0.2) is 8.42 Å². The smallest absolute Gasteiger partial charge is 0.243 e. The Morgan fingerprint density at radius 1 is 1.00 bits per heavy atom. The van der Waals surface area contributed by atoms with Gasteiger partial charge in [0, 0.05) is 36.9 Å². The molecule has 0 saturated carbocycles. The van der Waals surface area contributed by atoms with Crippen molar-refractivity contribution in [2.24, 2.45) is 0 Å². The Morgan fingerprint density at radius 2 is 1.64 bits per heavy atom. The van der Waals surface area contributed by atoms with Gasteiger partial charge < -0.3 is 4.90 Å². The Bertz CT molecular complexity index is 842. The van der Waals surface area contributed by atoms with Gasteiger partial charge in [0.1, 0.15) is 0 Å². The molecule has 1 aliphatic heterocycles. The number of nitrogens with zero attached hydrogens (tertiary/aromatic N) is 2. The molecule has 0 radical (unpaired) electrons. The predicted molar refractivity (Wildman–Crippen MR) is 103 cm³/mol. The number of piperazine rings is 1. The molecule has 1 heterocycles. The molecule has 2 aromatic rings. The highest BCUT2D eigenvalue weighted by molar-refractivity contribution is 7.89. The topological polar surface area (TPSA) is 40.6 Å². The highest BCUT2D eigenvalue weighted by Crippen LogP contribution is 2.24. The molecule has 6 heteroatoms. The minimum atomic E-state index is -3.47. The Morgan fingerprint density at radius 3 is 2.20 bits per heavy atom. The van der Waals surface area contributed by atoms with E-state index in [1.54, 1.807) is 22.5 Å². The van der Waals surface area contributed by atoms with Gasteiger partial charge in [-0.1, -0.05) is 30.7 Å². The van der Waals surface area contributed by atoms with Gasteiger partial charge in [0.2, 0.25) is 10.0 Å². The molecule has 0 amide bonds. The van der Waals surface area contributed by atoms with Gasteiger partial charge in [0.05, 0.1) is 4.90 Å². The van der Waals surface area contributed by atoms with E-state index < -0.39 is 10.0 Å². The van der Waals surface area contributed by atoms with Gasteiger partial charge in [-0.05, 0) is 54.8 Å². The molecule has 1 aliphatic rings. The number of aryl methyl sites for hydroxylation is 2. The van der Waals surface area contributed by atoms with E-state index in [9.17, 15) is 8.42 Å². The summed E-state index contributed by atoms with van der Waals surface area (Å²) in [6.07, 6.45) is 1.02. The first kappa shape index (κ1) is 18.2. The van der Waals surface area contributed by atoms with Crippen molar-refractivity contribution in [2.45, 2.75) is 25.2 Å². The van der Waals surface area contributed by atoms with E-state index in [0.29, 0.717) is 36.1 Å². The van der Waals surface area contributed by atoms with Crippen molar-refractivity contribution in [1.29, 1.82) is 0 Å². The summed E-state index contributed by atoms with van der Waals surface area (Å²) in [5.74, 6) is 0. The molecule has 2 aromatic carbocycles. The largest absolute Gasteiger partial charge is 0.369 e. The third-order valence-corrected chi connectivity index (χ3v) is 7.03. The van der Waals surface area contributed by atoms with Crippen molar-refractivity contribution in [1.82, 2.24) is 4.31 Å². The Labute approximate surface area is 155 Å². The van der Waals surface area contributed by atoms with Crippen LogP contribution in [0.3, 0.4) is 0 Å². The van der Waals surface area contributed by atoms with Gasteiger partial charge in [0.25, 0.3) is 0 Å². The number of anilines is 1. The number of hydrogen-bond acceptors (Lipinski definition) is 3. The van der Waals surface area contributed by atoms with Crippen LogP contribution < -0.4 is 4.90 Å². The van der Waals surface area contributed by atoms with Crippen LogP contribution in [0, 0.1) is 6.92 Å². The van der Waals surface area contributed by atoms with Crippen LogP contribution in [0.15, 0.2) is 47.4 Å². The van der Waals surface area contributed by atoms with Crippen LogP contribution in [-0.2, 0) is 16.4 Å². The number of halogens is 1. The molecule has 134 valence electrons. The second kappa shape index (κ2) is 7.36. The first-order valence-electron chi connectivity index (χ1n) is 8.52. The van der Waals surface area contributed by atoms with Crippen molar-refractivity contribution in [2.75, 3.05) is 31.1 Å². The predicted octanol–water partition coefficient (Wildman–Crippen LogP) is 3.72. The fourth-order valence-electron chi connectivity index (χ4n) is 3.06. The van der Waals surface area contributed by atoms with Crippen LogP contribution in [0.1, 0.15) is 18.1 Å². The standard InChI is InChI=1S/C19H23ClN2O2S/c1-3-16-4-6-17(7-5-16)21-10-12-22(13-11-21)25(23,24)18-8-9-19(20)15(2)14-18/h4-9,14H,3,10-13H2,1-2H3. The molecule has 4 nitrogen and oxygen atoms in total. The first-order valence-corrected chi connectivity index (χ1v) is 10.3. The maximum atomic E-state index is 12.8. The van der Waals surface area contributed by atoms with Gasteiger partial charge in [-0.2, -0.15) is 4.31 Å². The third kappa shape index (κ3) is 3.84. The summed E-state index contributed by atoms with van der Waals surface area (Å²) in [4.78, 5) is 2.55. The second-order valence-electron chi connectivity index (χ2n) is 6.32. The summed E-state index contributed by atoms with van der Waals surface area (Å²) in [5.41, 5.74) is 3.23. The Balaban J connectivity index is 1.71. The monoisotopic (exact) mass is 378 g/mol. The Kier molecular flexibility index (Phi) is 5.37. The Hall–Kier alpha value is -1.56. The maximum Gasteiger partial charge on any atom is 0.243 e. The SMILES string of the molecule is CCc1ccc(N2CCN(S(=O)(=O)c3ccc(Cl)c(C)c3)CC2)cc1. The summed E-state index contributed by atoms with van der Waals surface area (Å²) in [5, 5.41) is 0.583. The van der Waals surface area contributed by atoms with Crippen molar-refractivity contribution in [3.63, 3.8) is 0 Å². The highest BCUT2D eigenvalue weighted by atomic mass is 35.5. The summed E-state index contributed by atoms with van der Waals surface area (Å²) in [6, 6.07) is 13.4. The summed E-state index contributed by atoms with van der Waals surface area (Å²) in [6.45, 7) is 6.31. The third-order valence-electron chi connectivity index (χ3n) is 4.72. The maximum absolute atomic E-state index is 12.8. The molecule has 1 fully saturated rings. The number of hydrogen-bond donors (Lipinski definition) is 0. The van der Waals surface area contributed by atoms with E-state index in [0.717, 1.165) is 17.7 Å². The molecule has 0 bridgehead atoms. The number of benzene rings is 2. The zero-order valence-corrected chi connectivity index (χ0v) is 16.1. The molecule has 0 aromatic heterocycles. The average molecular weight is 379 g/mol. The van der Waals surface area contributed by atoms with Crippen LogP contribution in [0.2, 0.25) is 5.02 Å². The van der Waals surface area contributed by atoms with Crippen LogP contribution in [-0.4, -0.2) is 38.9 Å². The summed E-state index contributed by atoms with van der Waals surface area (Å²) in [7, 11) is -3.47. The van der Waals surface area contributed by atoms with Gasteiger partial charge in [-0.3, -0.25) is 0 Å². The van der Waals surface area contributed by atoms with Crippen molar-refractivity contribution < 1.29 is 8.42 Å². The summed E-state index contributed by atoms with van der Waals surface area (Å²) >= 11 is 6.01. The van der Waals surface area contributed by atoms with E-state index in [2.05, 4.69) is 36.1 Å². The molecule has 0 N–H and O–H groups in total. The molecule has 0 aliphatic carbocycles. The summed E-state index contributed by atoms with van der Waals surface area (Å²) < 4.78 is 27.2. The van der Waals surface area contributed by atoms with Gasteiger partial charge in [0.15, 0.2) is 0 Å². The molecular formula is C19H23ClN2O2S. The minimum Gasteiger partial charge on any atom is -0.369 e. The first-order chi connectivity index (χ1) is 11.9. The molecule has 3 rings (SSSR count). The lowest BCUT2D eigenvalue weighted by atomic mass is 10.1. The number of rotatable bonds is 4. The molecule has 1 saturated heterocycles. The number of sulfonamides is 1. The second-order valence-corrected chi connectivity index (χ2v) is 8.67. The lowest BCUT2D eigenvalue weighted by Gasteiger charge is -2.35. The fraction of sp³-hybridized carbons (Fsp3) is 0.368. The normalized spacial score (nSPS) is 16.2. The quantitative estimate of drug-likeness (QED) is 0.814. The fourth-order valence-corrected chi connectivity index (χ4v) is 4.68. The zero-order valence-electron chi connectivity index (χ0n) is 14.6. The highest BCUT2D eigenvalue weighted by Gasteiger charge is 2.28. The zero-order chi connectivity index (χ0) is 18.0. The van der Waals surface area contributed by atoms with Crippen LogP contribution in [0.25, 0.3) is 0 Å². The van der Waals surface area contributed by atoms with Crippen LogP contribution in [0.5, 0.6) is 0 Å². The van der Waals surface area contributed by atoms with Crippen LogP contribution >= 0.6 is 11.6 Å². The molecular weight excluding hydrogens is 356 g/mol. The van der Waals surface area contributed by atoms with Crippen molar-refractivity contribution in [3.8, 4) is 0 Å². The molecule has 25 heavy (non-hydrogen) atoms. The molecule has 0 spiro atoms. The van der Waals surface area contributed by atoms with E-state index in [1.807, 2.05) is 6.92 Å². The van der Waals surface area contributed by atoms with Crippen molar-refractivity contribution in [3.05, 3.63) is 58.6 Å². The van der Waals surface area contributed by atoms with E-state index >= 15 is 0 Å². The molecule has 0 atom stereocenters. The van der Waals surface area contributed by atoms with Gasteiger partial charge in [-0.15, -0.1) is 0 Å². The van der Waals surface area contributed by atoms with E-state index in [1.165, 1.54) is 5.56 Å². The lowest BCUT2D eigenvalue weighted by molar-refractivity contribution is 0.385. The minimum absolute atomic E-state index is 0.315. The van der Waals surface area contributed by atoms with E-state index in [4.69, 9.17) is 11.6 Å².